The molecule has 0 aliphatic heterocycles. The molecule has 0 aliphatic carbocycles. The Kier molecular flexibility index (Phi) is 4.20. The fraction of sp³-hybridized carbons (Fsp3) is 0.154. The van der Waals surface area contributed by atoms with Crippen molar-refractivity contribution in [2.75, 3.05) is 5.73 Å². The van der Waals surface area contributed by atoms with E-state index in [-0.39, 0.29) is 33.2 Å². The number of hydrogen-bond donors (Lipinski definition) is 1. The third-order valence-electron chi connectivity index (χ3n) is 2.72. The van der Waals surface area contributed by atoms with E-state index in [1.54, 1.807) is 19.9 Å². The number of aromatic nitrogens is 1. The monoisotopic (exact) mass is 327 g/mol. The second-order valence-electron chi connectivity index (χ2n) is 4.43. The molecule has 2 aromatic rings. The third-order valence-corrected chi connectivity index (χ3v) is 3.29. The van der Waals surface area contributed by atoms with Crippen LogP contribution < -0.4 is 10.5 Å². The van der Waals surface area contributed by atoms with Gasteiger partial charge in [0.05, 0.1) is 9.95 Å². The Bertz CT molecular complexity index is 735. The highest BCUT2D eigenvalue weighted by atomic mass is 35.5. The van der Waals surface area contributed by atoms with Crippen molar-refractivity contribution in [3.63, 3.8) is 0 Å². The first-order valence-electron chi connectivity index (χ1n) is 5.84. The molecule has 8 heteroatoms. The summed E-state index contributed by atoms with van der Waals surface area (Å²) in [5.41, 5.74) is 6.76. The van der Waals surface area contributed by atoms with E-state index in [9.17, 15) is 10.1 Å². The Morgan fingerprint density at radius 3 is 2.52 bits per heavy atom. The van der Waals surface area contributed by atoms with E-state index in [0.29, 0.717) is 5.56 Å². The molecule has 21 heavy (non-hydrogen) atoms. The van der Waals surface area contributed by atoms with E-state index in [4.69, 9.17) is 33.7 Å². The van der Waals surface area contributed by atoms with Gasteiger partial charge in [-0.3, -0.25) is 10.1 Å². The van der Waals surface area contributed by atoms with E-state index in [1.165, 1.54) is 12.1 Å². The molecule has 2 N–H and O–H groups in total. The van der Waals surface area contributed by atoms with E-state index in [2.05, 4.69) is 4.98 Å². The SMILES string of the molecule is Cc1cc(C)c(Oc2nc(N)c(Cl)cc2Cl)c([N+](=O)[O-])c1. The molecule has 2 rings (SSSR count). The molecule has 0 aliphatic rings. The van der Waals surface area contributed by atoms with Crippen molar-refractivity contribution in [1.82, 2.24) is 4.98 Å². The van der Waals surface area contributed by atoms with Crippen molar-refractivity contribution in [3.8, 4) is 11.6 Å². The minimum atomic E-state index is -0.525. The van der Waals surface area contributed by atoms with Gasteiger partial charge in [0.15, 0.2) is 0 Å². The topological polar surface area (TPSA) is 91.3 Å². The lowest BCUT2D eigenvalue weighted by Crippen LogP contribution is -2.00. The molecule has 1 heterocycles. The van der Waals surface area contributed by atoms with Gasteiger partial charge in [0.1, 0.15) is 10.8 Å². The summed E-state index contributed by atoms with van der Waals surface area (Å²) in [7, 11) is 0. The molecule has 0 fully saturated rings. The Hall–Kier alpha value is -2.05. The van der Waals surface area contributed by atoms with Crippen molar-refractivity contribution < 1.29 is 9.66 Å². The van der Waals surface area contributed by atoms with E-state index in [1.807, 2.05) is 0 Å². The molecule has 0 bridgehead atoms. The molecule has 110 valence electrons. The van der Waals surface area contributed by atoms with Crippen LogP contribution in [0.4, 0.5) is 11.5 Å². The van der Waals surface area contributed by atoms with Crippen LogP contribution in [-0.4, -0.2) is 9.91 Å². The molecule has 0 radical (unpaired) electrons. The van der Waals surface area contributed by atoms with E-state index < -0.39 is 4.92 Å². The van der Waals surface area contributed by atoms with Crippen LogP contribution in [0, 0.1) is 24.0 Å². The largest absolute Gasteiger partial charge is 0.430 e. The van der Waals surface area contributed by atoms with Gasteiger partial charge in [-0.15, -0.1) is 0 Å². The van der Waals surface area contributed by atoms with Crippen molar-refractivity contribution >= 4 is 34.7 Å². The predicted octanol–water partition coefficient (Wildman–Crippen LogP) is 4.29. The van der Waals surface area contributed by atoms with Crippen LogP contribution in [0.5, 0.6) is 11.6 Å². The van der Waals surface area contributed by atoms with Gasteiger partial charge in [0, 0.05) is 6.07 Å². The second-order valence-corrected chi connectivity index (χ2v) is 5.25. The number of nitrogen functional groups attached to an aromatic ring is 1. The highest BCUT2D eigenvalue weighted by Crippen LogP contribution is 2.38. The van der Waals surface area contributed by atoms with Crippen molar-refractivity contribution in [1.29, 1.82) is 0 Å². The smallest absolute Gasteiger partial charge is 0.312 e. The second kappa shape index (κ2) is 5.75. The van der Waals surface area contributed by atoms with Crippen LogP contribution in [0.1, 0.15) is 11.1 Å². The van der Waals surface area contributed by atoms with Gasteiger partial charge < -0.3 is 10.5 Å². The Labute approximate surface area is 130 Å². The van der Waals surface area contributed by atoms with Crippen LogP contribution in [0.25, 0.3) is 0 Å². The van der Waals surface area contributed by atoms with Gasteiger partial charge in [-0.1, -0.05) is 29.3 Å². The molecular formula is C13H11Cl2N3O3. The molecule has 1 aromatic heterocycles. The first kappa shape index (κ1) is 15.3. The van der Waals surface area contributed by atoms with E-state index >= 15 is 0 Å². The molecule has 0 saturated carbocycles. The summed E-state index contributed by atoms with van der Waals surface area (Å²) in [6, 6.07) is 4.54. The average Bonchev–Trinajstić information content (AvgIpc) is 2.38. The highest BCUT2D eigenvalue weighted by molar-refractivity contribution is 6.36. The summed E-state index contributed by atoms with van der Waals surface area (Å²) in [4.78, 5) is 14.5. The van der Waals surface area contributed by atoms with Crippen LogP contribution in [-0.2, 0) is 0 Å². The van der Waals surface area contributed by atoms with Gasteiger partial charge in [0.2, 0.25) is 11.6 Å². The van der Waals surface area contributed by atoms with Crippen molar-refractivity contribution in [3.05, 3.63) is 49.5 Å². The Morgan fingerprint density at radius 1 is 1.24 bits per heavy atom. The molecular weight excluding hydrogens is 317 g/mol. The zero-order valence-corrected chi connectivity index (χ0v) is 12.7. The average molecular weight is 328 g/mol. The number of nitrogens with zero attached hydrogens (tertiary/aromatic N) is 2. The lowest BCUT2D eigenvalue weighted by molar-refractivity contribution is -0.385. The van der Waals surface area contributed by atoms with Gasteiger partial charge in [-0.05, 0) is 31.0 Å². The summed E-state index contributed by atoms with van der Waals surface area (Å²) in [5.74, 6) is 0.0684. The normalized spacial score (nSPS) is 10.5. The van der Waals surface area contributed by atoms with Crippen LogP contribution in [0.2, 0.25) is 10.0 Å². The predicted molar refractivity (Wildman–Crippen MR) is 81.3 cm³/mol. The Morgan fingerprint density at radius 2 is 1.90 bits per heavy atom. The number of aryl methyl sites for hydroxylation is 2. The third kappa shape index (κ3) is 3.17. The molecule has 0 spiro atoms. The number of halogens is 2. The zero-order valence-electron chi connectivity index (χ0n) is 11.2. The maximum Gasteiger partial charge on any atom is 0.312 e. The maximum absolute atomic E-state index is 11.1. The van der Waals surface area contributed by atoms with Crippen LogP contribution in [0.15, 0.2) is 18.2 Å². The van der Waals surface area contributed by atoms with Crippen molar-refractivity contribution in [2.45, 2.75) is 13.8 Å². The fourth-order valence-electron chi connectivity index (χ4n) is 1.83. The zero-order chi connectivity index (χ0) is 15.7. The lowest BCUT2D eigenvalue weighted by atomic mass is 10.1. The number of nitrogens with two attached hydrogens (primary N) is 1. The minimum absolute atomic E-state index is 0.0310. The van der Waals surface area contributed by atoms with Gasteiger partial charge in [-0.25, -0.2) is 0 Å². The summed E-state index contributed by atoms with van der Waals surface area (Å²) in [6.07, 6.45) is 0. The van der Waals surface area contributed by atoms with Gasteiger partial charge in [-0.2, -0.15) is 4.98 Å². The number of benzene rings is 1. The standard InChI is InChI=1S/C13H11Cl2N3O3/c1-6-3-7(2)11(10(4-6)18(19)20)21-13-9(15)5-8(14)12(16)17-13/h3-5H,1-2H3,(H2,16,17). The first-order chi connectivity index (χ1) is 9.79. The van der Waals surface area contributed by atoms with Crippen LogP contribution in [0.3, 0.4) is 0 Å². The van der Waals surface area contributed by atoms with Gasteiger partial charge in [0.25, 0.3) is 0 Å². The van der Waals surface area contributed by atoms with Crippen molar-refractivity contribution in [2.24, 2.45) is 0 Å². The number of anilines is 1. The summed E-state index contributed by atoms with van der Waals surface area (Å²) < 4.78 is 5.50. The fourth-order valence-corrected chi connectivity index (χ4v) is 2.23. The Balaban J connectivity index is 2.54. The molecule has 0 saturated heterocycles. The summed E-state index contributed by atoms with van der Waals surface area (Å²) >= 11 is 11.8. The number of nitro benzene ring substituents is 1. The minimum Gasteiger partial charge on any atom is -0.430 e. The molecule has 0 amide bonds. The maximum atomic E-state index is 11.1. The lowest BCUT2D eigenvalue weighted by Gasteiger charge is -2.11. The quantitative estimate of drug-likeness (QED) is 0.670. The molecule has 6 nitrogen and oxygen atoms in total. The van der Waals surface area contributed by atoms with Gasteiger partial charge >= 0.3 is 5.69 Å². The molecule has 0 unspecified atom stereocenters. The summed E-state index contributed by atoms with van der Waals surface area (Å²) in [5, 5.41) is 11.4. The van der Waals surface area contributed by atoms with Crippen LogP contribution >= 0.6 is 23.2 Å². The number of pyridine rings is 1. The number of nitro groups is 1. The van der Waals surface area contributed by atoms with E-state index in [0.717, 1.165) is 5.56 Å². The number of rotatable bonds is 3. The number of ether oxygens (including phenoxy) is 1. The number of hydrogen-bond acceptors (Lipinski definition) is 5. The first-order valence-corrected chi connectivity index (χ1v) is 6.60. The molecule has 0 atom stereocenters. The summed E-state index contributed by atoms with van der Waals surface area (Å²) in [6.45, 7) is 3.46. The molecule has 1 aromatic carbocycles. The highest BCUT2D eigenvalue weighted by Gasteiger charge is 2.21.